The van der Waals surface area contributed by atoms with E-state index in [2.05, 4.69) is 10.2 Å². The van der Waals surface area contributed by atoms with Gasteiger partial charge in [0.1, 0.15) is 5.82 Å². The Balaban J connectivity index is 2.66. The Morgan fingerprint density at radius 3 is 2.43 bits per heavy atom. The van der Waals surface area contributed by atoms with Crippen LogP contribution in [-0.2, 0) is 21.3 Å². The van der Waals surface area contributed by atoms with Crippen LogP contribution in [0.1, 0.15) is 26.6 Å². The number of halogens is 1. The van der Waals surface area contributed by atoms with Gasteiger partial charge in [-0.3, -0.25) is 0 Å². The first-order valence-corrected chi connectivity index (χ1v) is 8.88. The third kappa shape index (κ3) is 3.27. The van der Waals surface area contributed by atoms with Gasteiger partial charge >= 0.3 is 0 Å². The van der Waals surface area contributed by atoms with Crippen LogP contribution in [0.15, 0.2) is 29.2 Å². The summed E-state index contributed by atoms with van der Waals surface area (Å²) in [5, 5.41) is 8.28. The van der Waals surface area contributed by atoms with E-state index >= 15 is 0 Å². The fourth-order valence-electron chi connectivity index (χ4n) is 2.16. The number of sulfone groups is 1. The van der Waals surface area contributed by atoms with Gasteiger partial charge in [0.15, 0.2) is 15.7 Å². The van der Waals surface area contributed by atoms with Gasteiger partial charge in [0.05, 0.1) is 10.8 Å². The van der Waals surface area contributed by atoms with Crippen LogP contribution in [0.2, 0.25) is 0 Å². The summed E-state index contributed by atoms with van der Waals surface area (Å²) < 4.78 is 25.3. The molecule has 0 unspecified atom stereocenters. The van der Waals surface area contributed by atoms with E-state index in [1.165, 1.54) is 6.26 Å². The van der Waals surface area contributed by atoms with Crippen LogP contribution in [0.3, 0.4) is 0 Å². The Bertz CT molecular complexity index is 761. The molecule has 0 amide bonds. The molecule has 0 aliphatic heterocycles. The molecule has 0 saturated carbocycles. The Kier molecular flexibility index (Phi) is 4.13. The van der Waals surface area contributed by atoms with E-state index in [4.69, 9.17) is 11.6 Å². The number of aromatic nitrogens is 3. The fraction of sp³-hybridized carbons (Fsp3) is 0.429. The molecule has 1 aromatic carbocycles. The van der Waals surface area contributed by atoms with E-state index in [0.29, 0.717) is 17.2 Å². The summed E-state index contributed by atoms with van der Waals surface area (Å²) in [5.41, 5.74) is 0.446. The molecule has 0 N–H and O–H groups in total. The van der Waals surface area contributed by atoms with Crippen molar-refractivity contribution in [1.82, 2.24) is 14.8 Å². The fourth-order valence-corrected chi connectivity index (χ4v) is 3.00. The van der Waals surface area contributed by atoms with Gasteiger partial charge in [-0.15, -0.1) is 21.8 Å². The average Bonchev–Trinajstić information content (AvgIpc) is 2.81. The number of benzene rings is 1. The third-order valence-corrected chi connectivity index (χ3v) is 4.39. The molecule has 7 heteroatoms. The molecule has 0 radical (unpaired) electrons. The molecule has 2 rings (SSSR count). The van der Waals surface area contributed by atoms with E-state index < -0.39 is 9.84 Å². The SMILES string of the molecule is CC(C)(C)n1c(CCl)nnc1-c1cccc(S(C)(=O)=O)c1. The first kappa shape index (κ1) is 16.0. The molecule has 2 aromatic rings. The minimum Gasteiger partial charge on any atom is -0.305 e. The van der Waals surface area contributed by atoms with Gasteiger partial charge in [-0.1, -0.05) is 12.1 Å². The zero-order chi connectivity index (χ0) is 15.8. The number of nitrogens with zero attached hydrogens (tertiary/aromatic N) is 3. The van der Waals surface area contributed by atoms with Crippen LogP contribution in [-0.4, -0.2) is 29.4 Å². The first-order valence-electron chi connectivity index (χ1n) is 6.46. The number of rotatable bonds is 3. The Morgan fingerprint density at radius 2 is 1.90 bits per heavy atom. The number of hydrogen-bond acceptors (Lipinski definition) is 4. The largest absolute Gasteiger partial charge is 0.305 e. The summed E-state index contributed by atoms with van der Waals surface area (Å²) >= 11 is 5.92. The normalized spacial score (nSPS) is 12.6. The predicted molar refractivity (Wildman–Crippen MR) is 83.1 cm³/mol. The second-order valence-electron chi connectivity index (χ2n) is 5.88. The van der Waals surface area contributed by atoms with Crippen LogP contribution in [0.5, 0.6) is 0 Å². The molecule has 0 aliphatic carbocycles. The highest BCUT2D eigenvalue weighted by Crippen LogP contribution is 2.28. The summed E-state index contributed by atoms with van der Waals surface area (Å²) in [6.45, 7) is 6.07. The summed E-state index contributed by atoms with van der Waals surface area (Å²) in [4.78, 5) is 0.260. The first-order chi connectivity index (χ1) is 9.64. The third-order valence-electron chi connectivity index (χ3n) is 3.04. The van der Waals surface area contributed by atoms with Crippen molar-refractivity contribution in [3.8, 4) is 11.4 Å². The van der Waals surface area contributed by atoms with Crippen LogP contribution in [0.4, 0.5) is 0 Å². The summed E-state index contributed by atoms with van der Waals surface area (Å²) in [7, 11) is -3.26. The van der Waals surface area contributed by atoms with Crippen molar-refractivity contribution >= 4 is 21.4 Å². The summed E-state index contributed by atoms with van der Waals surface area (Å²) in [6, 6.07) is 6.70. The highest BCUT2D eigenvalue weighted by atomic mass is 35.5. The molecular formula is C14H18ClN3O2S. The molecule has 21 heavy (non-hydrogen) atoms. The van der Waals surface area contributed by atoms with E-state index in [1.807, 2.05) is 31.4 Å². The second-order valence-corrected chi connectivity index (χ2v) is 8.16. The Morgan fingerprint density at radius 1 is 1.24 bits per heavy atom. The molecule has 1 heterocycles. The van der Waals surface area contributed by atoms with Crippen LogP contribution >= 0.6 is 11.6 Å². The van der Waals surface area contributed by atoms with E-state index in [0.717, 1.165) is 0 Å². The lowest BCUT2D eigenvalue weighted by molar-refractivity contribution is 0.390. The van der Waals surface area contributed by atoms with Crippen molar-refractivity contribution in [1.29, 1.82) is 0 Å². The van der Waals surface area contributed by atoms with Crippen molar-refractivity contribution in [2.75, 3.05) is 6.26 Å². The minimum absolute atomic E-state index is 0.246. The zero-order valence-corrected chi connectivity index (χ0v) is 14.0. The Hall–Kier alpha value is -1.40. The van der Waals surface area contributed by atoms with Gasteiger partial charge in [0.2, 0.25) is 0 Å². The highest BCUT2D eigenvalue weighted by molar-refractivity contribution is 7.90. The maximum absolute atomic E-state index is 11.7. The van der Waals surface area contributed by atoms with Crippen LogP contribution in [0.25, 0.3) is 11.4 Å². The molecule has 0 spiro atoms. The molecule has 1 aromatic heterocycles. The number of hydrogen-bond donors (Lipinski definition) is 0. The van der Waals surface area contributed by atoms with Crippen LogP contribution in [0, 0.1) is 0 Å². The maximum Gasteiger partial charge on any atom is 0.175 e. The van der Waals surface area contributed by atoms with Crippen molar-refractivity contribution in [3.63, 3.8) is 0 Å². The molecule has 0 aliphatic rings. The van der Waals surface area contributed by atoms with E-state index in [-0.39, 0.29) is 16.3 Å². The lowest BCUT2D eigenvalue weighted by Crippen LogP contribution is -2.24. The molecule has 0 bridgehead atoms. The van der Waals surface area contributed by atoms with Gasteiger partial charge < -0.3 is 4.57 Å². The van der Waals surface area contributed by atoms with E-state index in [1.54, 1.807) is 18.2 Å². The predicted octanol–water partition coefficient (Wildman–Crippen LogP) is 2.84. The molecule has 5 nitrogen and oxygen atoms in total. The maximum atomic E-state index is 11.7. The monoisotopic (exact) mass is 327 g/mol. The summed E-state index contributed by atoms with van der Waals surface area (Å²) in [6.07, 6.45) is 1.19. The lowest BCUT2D eigenvalue weighted by Gasteiger charge is -2.24. The number of alkyl halides is 1. The van der Waals surface area contributed by atoms with E-state index in [9.17, 15) is 8.42 Å². The van der Waals surface area contributed by atoms with Crippen molar-refractivity contribution in [2.45, 2.75) is 37.1 Å². The smallest absolute Gasteiger partial charge is 0.175 e. The molecule has 114 valence electrons. The standard InChI is InChI=1S/C14H18ClN3O2S/c1-14(2,3)18-12(9-15)16-17-13(18)10-6-5-7-11(8-10)21(4,19)20/h5-8H,9H2,1-4H3. The lowest BCUT2D eigenvalue weighted by atomic mass is 10.1. The molecular weight excluding hydrogens is 310 g/mol. The minimum atomic E-state index is -3.26. The molecule has 0 saturated heterocycles. The molecule has 0 atom stereocenters. The van der Waals surface area contributed by atoms with Gasteiger partial charge in [0.25, 0.3) is 0 Å². The van der Waals surface area contributed by atoms with Gasteiger partial charge in [-0.2, -0.15) is 0 Å². The second kappa shape index (κ2) is 5.42. The quantitative estimate of drug-likeness (QED) is 0.813. The van der Waals surface area contributed by atoms with Crippen molar-refractivity contribution in [3.05, 3.63) is 30.1 Å². The van der Waals surface area contributed by atoms with Gasteiger partial charge in [0, 0.05) is 17.4 Å². The zero-order valence-electron chi connectivity index (χ0n) is 12.5. The van der Waals surface area contributed by atoms with Crippen LogP contribution < -0.4 is 0 Å². The van der Waals surface area contributed by atoms with Crippen molar-refractivity contribution < 1.29 is 8.42 Å². The highest BCUT2D eigenvalue weighted by Gasteiger charge is 2.24. The van der Waals surface area contributed by atoms with Crippen molar-refractivity contribution in [2.24, 2.45) is 0 Å². The Labute approximate surface area is 129 Å². The van der Waals surface area contributed by atoms with Gasteiger partial charge in [-0.25, -0.2) is 8.42 Å². The summed E-state index contributed by atoms with van der Waals surface area (Å²) in [5.74, 6) is 1.52. The topological polar surface area (TPSA) is 64.8 Å². The molecule has 0 fully saturated rings. The van der Waals surface area contributed by atoms with Gasteiger partial charge in [-0.05, 0) is 32.9 Å². The average molecular weight is 328 g/mol.